The summed E-state index contributed by atoms with van der Waals surface area (Å²) in [7, 11) is 0. The zero-order chi connectivity index (χ0) is 51.4. The minimum absolute atomic E-state index is 0.0378. The summed E-state index contributed by atoms with van der Waals surface area (Å²) in [5.41, 5.74) is -0.321. The molecule has 67 heavy (non-hydrogen) atoms. The molecule has 378 valence electrons. The van der Waals surface area contributed by atoms with Gasteiger partial charge in [-0.3, -0.25) is 38.4 Å². The third kappa shape index (κ3) is 16.3. The summed E-state index contributed by atoms with van der Waals surface area (Å²) in [6, 6.07) is -8.10. The summed E-state index contributed by atoms with van der Waals surface area (Å²) in [5.74, 6) is -10.2. The number of nitrogens with one attached hydrogen (secondary N) is 7. The summed E-state index contributed by atoms with van der Waals surface area (Å²) in [4.78, 5) is 108. The van der Waals surface area contributed by atoms with E-state index in [0.29, 0.717) is 19.3 Å². The number of hydrogen-bond acceptors (Lipinski definition) is 14. The number of carbonyl (C=O) groups is 8. The summed E-state index contributed by atoms with van der Waals surface area (Å²) >= 11 is 6.45. The zero-order valence-corrected chi connectivity index (χ0v) is 40.9. The predicted octanol–water partition coefficient (Wildman–Crippen LogP) is -0.376. The Morgan fingerprint density at radius 3 is 1.99 bits per heavy atom. The Hall–Kier alpha value is -5.09. The van der Waals surface area contributed by atoms with Gasteiger partial charge in [0, 0.05) is 23.0 Å². The van der Waals surface area contributed by atoms with Gasteiger partial charge in [0.05, 0.1) is 48.4 Å². The van der Waals surface area contributed by atoms with Crippen LogP contribution in [0.5, 0.6) is 11.5 Å². The second kappa shape index (κ2) is 25.9. The normalized spacial score (nSPS) is 23.4. The van der Waals surface area contributed by atoms with Crippen LogP contribution in [-0.2, 0) is 38.4 Å². The van der Waals surface area contributed by atoms with Gasteiger partial charge in [0.25, 0.3) is 0 Å². The largest absolute Gasteiger partial charge is 0.508 e. The minimum Gasteiger partial charge on any atom is -0.508 e. The van der Waals surface area contributed by atoms with E-state index in [1.165, 1.54) is 34.6 Å². The number of ketones is 1. The van der Waals surface area contributed by atoms with Crippen molar-refractivity contribution in [2.75, 3.05) is 6.54 Å². The van der Waals surface area contributed by atoms with E-state index in [1.54, 1.807) is 34.6 Å². The number of Topliss-reactive ketones (excluding diaryl/α,β-unsaturated/α-hetero) is 1. The fraction of sp³-hybridized carbons (Fsp3) is 0.689. The Labute approximate surface area is 396 Å². The van der Waals surface area contributed by atoms with Crippen molar-refractivity contribution in [3.63, 3.8) is 0 Å². The quantitative estimate of drug-likeness (QED) is 0.0742. The van der Waals surface area contributed by atoms with E-state index in [1.807, 2.05) is 6.92 Å². The summed E-state index contributed by atoms with van der Waals surface area (Å²) in [5, 5.41) is 79.0. The zero-order valence-electron chi connectivity index (χ0n) is 40.1. The monoisotopic (exact) mass is 969 g/mol. The maximum atomic E-state index is 14.2. The van der Waals surface area contributed by atoms with Crippen LogP contribution in [0.25, 0.3) is 0 Å². The molecule has 1 fully saturated rings. The van der Waals surface area contributed by atoms with Crippen LogP contribution >= 0.6 is 11.6 Å². The van der Waals surface area contributed by atoms with Crippen LogP contribution in [0.2, 0.25) is 5.02 Å². The molecule has 7 amide bonds. The molecule has 22 heteroatoms. The Kier molecular flexibility index (Phi) is 22.4. The number of benzene rings is 1. The first-order valence-corrected chi connectivity index (χ1v) is 23.0. The van der Waals surface area contributed by atoms with Crippen LogP contribution in [0.4, 0.5) is 0 Å². The molecule has 1 aromatic carbocycles. The number of aliphatic hydroxyl groups excluding tert-OH is 4. The van der Waals surface area contributed by atoms with Crippen LogP contribution in [0.15, 0.2) is 6.07 Å². The van der Waals surface area contributed by atoms with Gasteiger partial charge in [-0.15, -0.1) is 0 Å². The summed E-state index contributed by atoms with van der Waals surface area (Å²) < 4.78 is 0. The lowest BCUT2D eigenvalue weighted by Gasteiger charge is -2.31. The Morgan fingerprint density at radius 2 is 1.42 bits per heavy atom. The van der Waals surface area contributed by atoms with E-state index >= 15 is 0 Å². The van der Waals surface area contributed by atoms with Gasteiger partial charge in [-0.25, -0.2) is 0 Å². The van der Waals surface area contributed by atoms with Gasteiger partial charge in [-0.1, -0.05) is 59.6 Å². The van der Waals surface area contributed by atoms with E-state index in [0.717, 1.165) is 6.07 Å². The Balaban J connectivity index is 2.27. The Morgan fingerprint density at radius 1 is 0.806 bits per heavy atom. The van der Waals surface area contributed by atoms with Crippen molar-refractivity contribution in [1.82, 2.24) is 37.2 Å². The highest BCUT2D eigenvalue weighted by atomic mass is 35.5. The second-order valence-electron chi connectivity index (χ2n) is 18.3. The number of rotatable bonds is 20. The highest BCUT2D eigenvalue weighted by molar-refractivity contribution is 6.33. The highest BCUT2D eigenvalue weighted by Gasteiger charge is 2.39. The third-order valence-electron chi connectivity index (χ3n) is 12.4. The van der Waals surface area contributed by atoms with Crippen LogP contribution in [0, 0.1) is 36.5 Å². The number of amides is 7. The molecule has 0 radical (unpaired) electrons. The molecule has 0 unspecified atom stereocenters. The molecule has 0 bridgehead atoms. The molecule has 1 heterocycles. The van der Waals surface area contributed by atoms with Crippen molar-refractivity contribution in [2.24, 2.45) is 29.6 Å². The van der Waals surface area contributed by atoms with Crippen molar-refractivity contribution >= 4 is 58.7 Å². The predicted molar refractivity (Wildman–Crippen MR) is 245 cm³/mol. The topological polar surface area (TPSA) is 342 Å². The average molecular weight is 971 g/mol. The summed E-state index contributed by atoms with van der Waals surface area (Å²) in [6.07, 6.45) is -4.03. The number of carbonyl (C=O) groups excluding carboxylic acids is 8. The van der Waals surface area contributed by atoms with Gasteiger partial charge >= 0.3 is 0 Å². The number of aromatic hydroxyl groups is 2. The van der Waals surface area contributed by atoms with Gasteiger partial charge in [-0.05, 0) is 71.3 Å². The lowest BCUT2D eigenvalue weighted by atomic mass is 9.80. The fourth-order valence-electron chi connectivity index (χ4n) is 7.86. The van der Waals surface area contributed by atoms with Crippen molar-refractivity contribution < 1.29 is 69.0 Å². The molecule has 1 aliphatic rings. The van der Waals surface area contributed by atoms with Gasteiger partial charge in [0.2, 0.25) is 41.4 Å². The molecule has 0 aromatic heterocycles. The first-order valence-electron chi connectivity index (χ1n) is 22.6. The van der Waals surface area contributed by atoms with E-state index in [4.69, 9.17) is 11.6 Å². The fourth-order valence-corrected chi connectivity index (χ4v) is 8.17. The molecule has 1 saturated heterocycles. The number of phenols is 2. The number of phenolic OH excluding ortho intramolecular Hbond substituents is 2. The first-order chi connectivity index (χ1) is 31.0. The van der Waals surface area contributed by atoms with E-state index in [-0.39, 0.29) is 23.0 Å². The molecule has 0 spiro atoms. The van der Waals surface area contributed by atoms with Crippen molar-refractivity contribution in [3.05, 3.63) is 22.2 Å². The van der Waals surface area contributed by atoms with Crippen molar-refractivity contribution in [1.29, 1.82) is 0 Å². The molecular weight excluding hydrogens is 898 g/mol. The number of halogens is 1. The molecule has 21 nitrogen and oxygen atoms in total. The first kappa shape index (κ1) is 58.0. The lowest BCUT2D eigenvalue weighted by Crippen LogP contribution is -2.62. The molecular formula is C45H72ClN7O14. The Bertz CT molecular complexity index is 1950. The molecule has 13 N–H and O–H groups in total. The number of aliphatic hydroxyl groups is 4. The smallest absolute Gasteiger partial charge is 0.247 e. The van der Waals surface area contributed by atoms with Crippen LogP contribution in [0.1, 0.15) is 112 Å². The van der Waals surface area contributed by atoms with E-state index < -0.39 is 155 Å². The molecule has 0 saturated carbocycles. The average Bonchev–Trinajstić information content (AvgIpc) is 3.26. The van der Waals surface area contributed by atoms with E-state index in [9.17, 15) is 69.0 Å². The molecule has 1 aromatic rings. The van der Waals surface area contributed by atoms with Crippen molar-refractivity contribution in [2.45, 2.75) is 163 Å². The van der Waals surface area contributed by atoms with Gasteiger partial charge in [0.1, 0.15) is 47.5 Å². The van der Waals surface area contributed by atoms with Gasteiger partial charge in [0.15, 0.2) is 0 Å². The molecule has 0 aliphatic carbocycles. The van der Waals surface area contributed by atoms with Crippen molar-refractivity contribution in [3.8, 4) is 11.5 Å². The van der Waals surface area contributed by atoms with Gasteiger partial charge < -0.3 is 67.9 Å². The summed E-state index contributed by atoms with van der Waals surface area (Å²) in [6.45, 7) is 16.3. The maximum absolute atomic E-state index is 14.2. The van der Waals surface area contributed by atoms with Crippen LogP contribution in [0.3, 0.4) is 0 Å². The van der Waals surface area contributed by atoms with Gasteiger partial charge in [-0.2, -0.15) is 0 Å². The minimum atomic E-state index is -1.81. The molecule has 1 aliphatic heterocycles. The van der Waals surface area contributed by atoms with Crippen LogP contribution in [-0.4, -0.2) is 139 Å². The standard InChI is InChI=1S/C45H72ClN7O14/c1-12-19(3)34-42(64)47-17-32(59)48-24(8)35(43(65)53-37(45(67)51-34)28-15-30(57)22(6)40(62)33(28)46)52-41(63)25(9)49-44(66)36(26(10)54)50-31(58)16-29(56)20(4)13-18(2)14-21(5)38(60)23(7)39(61)27(11)55/h15,18-21,23-27,34-39,54-55,57,60-62H,12-14,16-17H2,1-11H3,(H,47,64)(H,48,59)(H,49,66)(H,50,58)(H,51,67)(H,52,63)(H,53,65)/t18-,19-,20+,21-,23-,24+,25-,26+,27+,34-,35+,36+,37+,38+,39-/m0/s1. The maximum Gasteiger partial charge on any atom is 0.247 e. The van der Waals surface area contributed by atoms with E-state index in [2.05, 4.69) is 37.2 Å². The third-order valence-corrected chi connectivity index (χ3v) is 12.8. The SMILES string of the molecule is CC[C@H](C)[C@@H]1NC(=O)[C@@H](c2cc(O)c(C)c(O)c2Cl)NC(=O)[C@H](NC(=O)[C@H](C)NC(=O)[C@H](NC(=O)CC(=O)[C@H](C)C[C@H](C)C[C@H](C)[C@@H](O)[C@H](C)[C@H](O)[C@@H](C)O)[C@@H](C)O)[C@@H](C)NC(=O)CNC1=O. The number of hydrogen-bond donors (Lipinski definition) is 13. The lowest BCUT2D eigenvalue weighted by molar-refractivity contribution is -0.137. The molecule has 2 rings (SSSR count). The highest BCUT2D eigenvalue weighted by Crippen LogP contribution is 2.39. The second-order valence-corrected chi connectivity index (χ2v) is 18.7. The molecule has 15 atom stereocenters. The van der Waals surface area contributed by atoms with Crippen LogP contribution < -0.4 is 37.2 Å².